The molecule has 0 saturated heterocycles. The lowest BCUT2D eigenvalue weighted by atomic mass is 10.3. The van der Waals surface area contributed by atoms with Gasteiger partial charge in [0.1, 0.15) is 10.6 Å². The van der Waals surface area contributed by atoms with Crippen LogP contribution in [0.5, 0.6) is 5.75 Å². The van der Waals surface area contributed by atoms with Crippen molar-refractivity contribution in [2.45, 2.75) is 11.3 Å². The Morgan fingerprint density at radius 2 is 2.12 bits per heavy atom. The summed E-state index contributed by atoms with van der Waals surface area (Å²) in [6.45, 7) is 0. The third kappa shape index (κ3) is 2.61. The minimum atomic E-state index is -4.21. The fourth-order valence-corrected chi connectivity index (χ4v) is 3.54. The van der Waals surface area contributed by atoms with Gasteiger partial charge in [0.05, 0.1) is 17.8 Å². The minimum Gasteiger partial charge on any atom is -0.494 e. The van der Waals surface area contributed by atoms with Gasteiger partial charge in [-0.05, 0) is 15.9 Å². The molecule has 1 aromatic heterocycles. The van der Waals surface area contributed by atoms with Gasteiger partial charge in [-0.25, -0.2) is 17.2 Å². The Bertz CT molecular complexity index is 509. The molecule has 0 aliphatic rings. The molecule has 1 aromatic rings. The first-order chi connectivity index (χ1) is 7.29. The third-order valence-corrected chi connectivity index (χ3v) is 4.06. The molecule has 0 amide bonds. The molecule has 0 aliphatic heterocycles. The maximum atomic E-state index is 12.5. The molecular weight excluding hydrogens is 332 g/mol. The first-order valence-electron chi connectivity index (χ1n) is 3.74. The smallest absolute Gasteiger partial charge is 0.281 e. The molecule has 0 spiro atoms. The van der Waals surface area contributed by atoms with Gasteiger partial charge in [0.2, 0.25) is 0 Å². The lowest BCUT2D eigenvalue weighted by Gasteiger charge is -2.10. The zero-order chi connectivity index (χ0) is 12.5. The van der Waals surface area contributed by atoms with Crippen LogP contribution in [0, 0.1) is 0 Å². The molecular formula is C7H5BrClF2NO3S. The molecule has 0 atom stereocenters. The maximum Gasteiger partial charge on any atom is 0.281 e. The summed E-state index contributed by atoms with van der Waals surface area (Å²) < 4.78 is 51.6. The van der Waals surface area contributed by atoms with E-state index in [9.17, 15) is 17.2 Å². The number of pyridine rings is 1. The molecule has 0 radical (unpaired) electrons. The van der Waals surface area contributed by atoms with E-state index in [0.717, 1.165) is 6.20 Å². The zero-order valence-corrected chi connectivity index (χ0v) is 10.9. The van der Waals surface area contributed by atoms with Crippen molar-refractivity contribution in [2.24, 2.45) is 0 Å². The van der Waals surface area contributed by atoms with Crippen LogP contribution in [0.4, 0.5) is 8.78 Å². The van der Waals surface area contributed by atoms with Crippen molar-refractivity contribution < 1.29 is 21.9 Å². The number of alkyl halides is 2. The number of methoxy groups -OCH3 is 1. The van der Waals surface area contributed by atoms with Gasteiger partial charge < -0.3 is 4.74 Å². The number of aromatic nitrogens is 1. The van der Waals surface area contributed by atoms with E-state index in [4.69, 9.17) is 10.7 Å². The summed E-state index contributed by atoms with van der Waals surface area (Å²) in [5.41, 5.74) is -0.708. The van der Waals surface area contributed by atoms with E-state index in [1.54, 1.807) is 0 Å². The summed E-state index contributed by atoms with van der Waals surface area (Å²) in [6.07, 6.45) is -2.04. The Labute approximate surface area is 103 Å². The van der Waals surface area contributed by atoms with Gasteiger partial charge in [-0.1, -0.05) is 0 Å². The fourth-order valence-electron chi connectivity index (χ4n) is 0.993. The molecule has 1 rings (SSSR count). The lowest BCUT2D eigenvalue weighted by molar-refractivity contribution is 0.144. The number of nitrogens with zero attached hydrogens (tertiary/aromatic N) is 1. The molecule has 0 aliphatic carbocycles. The van der Waals surface area contributed by atoms with E-state index >= 15 is 0 Å². The summed E-state index contributed by atoms with van der Waals surface area (Å²) in [5.74, 6) is -0.203. The van der Waals surface area contributed by atoms with Crippen molar-refractivity contribution in [1.82, 2.24) is 4.98 Å². The van der Waals surface area contributed by atoms with Gasteiger partial charge in [0, 0.05) is 10.7 Å². The number of hydrogen-bond donors (Lipinski definition) is 0. The second kappa shape index (κ2) is 4.80. The van der Waals surface area contributed by atoms with Crippen LogP contribution in [0.2, 0.25) is 0 Å². The van der Waals surface area contributed by atoms with Crippen LogP contribution >= 0.6 is 26.6 Å². The maximum absolute atomic E-state index is 12.5. The normalized spacial score (nSPS) is 11.9. The second-order valence-electron chi connectivity index (χ2n) is 2.59. The average Bonchev–Trinajstić information content (AvgIpc) is 2.14. The molecule has 0 N–H and O–H groups in total. The Hall–Kier alpha value is -0.470. The SMILES string of the molecule is COc1cnc(C(F)F)c(Br)c1S(=O)(=O)Cl. The van der Waals surface area contributed by atoms with Crippen molar-refractivity contribution in [1.29, 1.82) is 0 Å². The van der Waals surface area contributed by atoms with Crippen LogP contribution in [-0.4, -0.2) is 20.5 Å². The van der Waals surface area contributed by atoms with Crippen LogP contribution in [-0.2, 0) is 9.05 Å². The molecule has 1 heterocycles. The highest BCUT2D eigenvalue weighted by molar-refractivity contribution is 9.10. The fraction of sp³-hybridized carbons (Fsp3) is 0.286. The molecule has 16 heavy (non-hydrogen) atoms. The second-order valence-corrected chi connectivity index (χ2v) is 5.89. The van der Waals surface area contributed by atoms with Gasteiger partial charge >= 0.3 is 0 Å². The van der Waals surface area contributed by atoms with Crippen LogP contribution in [0.15, 0.2) is 15.6 Å². The van der Waals surface area contributed by atoms with E-state index in [1.165, 1.54) is 7.11 Å². The molecule has 90 valence electrons. The first kappa shape index (κ1) is 13.6. The number of halogens is 4. The van der Waals surface area contributed by atoms with E-state index in [2.05, 4.69) is 25.7 Å². The summed E-state index contributed by atoms with van der Waals surface area (Å²) in [5, 5.41) is 0. The molecule has 0 aromatic carbocycles. The van der Waals surface area contributed by atoms with Crippen molar-refractivity contribution >= 4 is 35.7 Å². The van der Waals surface area contributed by atoms with Crippen LogP contribution < -0.4 is 4.74 Å². The Morgan fingerprint density at radius 3 is 2.50 bits per heavy atom. The summed E-state index contributed by atoms with van der Waals surface area (Å²) in [4.78, 5) is 2.82. The standard InChI is InChI=1S/C7H5BrClF2NO3S/c1-15-3-2-12-5(7(10)11)4(8)6(3)16(9,13)14/h2,7H,1H3. The van der Waals surface area contributed by atoms with E-state index in [0.29, 0.717) is 0 Å². The van der Waals surface area contributed by atoms with Gasteiger partial charge in [-0.15, -0.1) is 0 Å². The van der Waals surface area contributed by atoms with Crippen molar-refractivity contribution in [3.05, 3.63) is 16.4 Å². The van der Waals surface area contributed by atoms with E-state index < -0.39 is 30.5 Å². The average molecular weight is 337 g/mol. The van der Waals surface area contributed by atoms with E-state index in [-0.39, 0.29) is 5.75 Å². The summed E-state index contributed by atoms with van der Waals surface area (Å²) in [7, 11) is 2.09. The molecule has 0 saturated carbocycles. The molecule has 0 unspecified atom stereocenters. The van der Waals surface area contributed by atoms with Crippen LogP contribution in [0.1, 0.15) is 12.1 Å². The lowest BCUT2D eigenvalue weighted by Crippen LogP contribution is -2.03. The molecule has 9 heteroatoms. The van der Waals surface area contributed by atoms with Gasteiger partial charge in [-0.2, -0.15) is 0 Å². The Morgan fingerprint density at radius 1 is 1.56 bits per heavy atom. The largest absolute Gasteiger partial charge is 0.494 e. The van der Waals surface area contributed by atoms with Crippen molar-refractivity contribution in [2.75, 3.05) is 7.11 Å². The summed E-state index contributed by atoms with van der Waals surface area (Å²) in [6, 6.07) is 0. The van der Waals surface area contributed by atoms with E-state index in [1.807, 2.05) is 0 Å². The molecule has 0 fully saturated rings. The zero-order valence-electron chi connectivity index (χ0n) is 7.75. The van der Waals surface area contributed by atoms with Crippen molar-refractivity contribution in [3.8, 4) is 5.75 Å². The third-order valence-electron chi connectivity index (χ3n) is 1.64. The van der Waals surface area contributed by atoms with Gasteiger partial charge in [0.25, 0.3) is 15.5 Å². The van der Waals surface area contributed by atoms with Crippen LogP contribution in [0.3, 0.4) is 0 Å². The van der Waals surface area contributed by atoms with Crippen molar-refractivity contribution in [3.63, 3.8) is 0 Å². The molecule has 4 nitrogen and oxygen atoms in total. The minimum absolute atomic E-state index is 0.203. The monoisotopic (exact) mass is 335 g/mol. The highest BCUT2D eigenvalue weighted by atomic mass is 79.9. The van der Waals surface area contributed by atoms with Gasteiger partial charge in [0.15, 0.2) is 5.75 Å². The van der Waals surface area contributed by atoms with Crippen LogP contribution in [0.25, 0.3) is 0 Å². The Balaban J connectivity index is 3.60. The highest BCUT2D eigenvalue weighted by Crippen LogP contribution is 2.38. The summed E-state index contributed by atoms with van der Waals surface area (Å²) >= 11 is 2.72. The predicted octanol–water partition coefficient (Wildman–Crippen LogP) is 2.72. The number of ether oxygens (including phenoxy) is 1. The topological polar surface area (TPSA) is 56.3 Å². The quantitative estimate of drug-likeness (QED) is 0.796. The molecule has 0 bridgehead atoms. The predicted molar refractivity (Wildman–Crippen MR) is 56.5 cm³/mol. The highest BCUT2D eigenvalue weighted by Gasteiger charge is 2.27. The Kier molecular flexibility index (Phi) is 4.08. The van der Waals surface area contributed by atoms with Gasteiger partial charge in [-0.3, -0.25) is 4.98 Å². The number of hydrogen-bond acceptors (Lipinski definition) is 4. The number of rotatable bonds is 3. The first-order valence-corrected chi connectivity index (χ1v) is 6.84.